The number of aliphatic hydroxyl groups is 1. The van der Waals surface area contributed by atoms with Crippen molar-refractivity contribution in [2.75, 3.05) is 0 Å². The highest BCUT2D eigenvalue weighted by molar-refractivity contribution is 9.10. The molecule has 0 aliphatic heterocycles. The van der Waals surface area contributed by atoms with E-state index < -0.39 is 0 Å². The minimum absolute atomic E-state index is 0.252. The first-order valence-corrected chi connectivity index (χ1v) is 4.42. The molecule has 1 N–H and O–H groups in total. The van der Waals surface area contributed by atoms with E-state index in [2.05, 4.69) is 15.9 Å². The maximum absolute atomic E-state index is 13.3. The molecule has 1 nitrogen and oxygen atoms in total. The molecule has 1 aromatic carbocycles. The number of aliphatic hydroxyl groups excluding tert-OH is 1. The van der Waals surface area contributed by atoms with Crippen LogP contribution in [0.5, 0.6) is 0 Å². The van der Waals surface area contributed by atoms with Crippen molar-refractivity contribution in [3.8, 4) is 0 Å². The second-order valence-corrected chi connectivity index (χ2v) is 3.61. The van der Waals surface area contributed by atoms with Crippen molar-refractivity contribution in [3.05, 3.63) is 33.0 Å². The molecule has 0 fully saturated rings. The Kier molecular flexibility index (Phi) is 2.85. The minimum atomic E-state index is -0.307. The van der Waals surface area contributed by atoms with Crippen LogP contribution >= 0.6 is 15.9 Å². The monoisotopic (exact) mass is 232 g/mol. The number of benzene rings is 1. The SMILES string of the molecule is Cc1cc(Br)c(C)c(CO)c1F. The smallest absolute Gasteiger partial charge is 0.131 e. The van der Waals surface area contributed by atoms with Crippen LogP contribution in [-0.4, -0.2) is 5.11 Å². The highest BCUT2D eigenvalue weighted by atomic mass is 79.9. The van der Waals surface area contributed by atoms with Gasteiger partial charge in [-0.2, -0.15) is 0 Å². The van der Waals surface area contributed by atoms with E-state index in [0.29, 0.717) is 11.1 Å². The summed E-state index contributed by atoms with van der Waals surface area (Å²) in [7, 11) is 0. The highest BCUT2D eigenvalue weighted by Gasteiger charge is 2.10. The molecule has 0 amide bonds. The van der Waals surface area contributed by atoms with Gasteiger partial charge in [-0.25, -0.2) is 4.39 Å². The average molecular weight is 233 g/mol. The predicted octanol–water partition coefficient (Wildman–Crippen LogP) is 2.70. The summed E-state index contributed by atoms with van der Waals surface area (Å²) in [6, 6.07) is 1.71. The quantitative estimate of drug-likeness (QED) is 0.790. The van der Waals surface area contributed by atoms with Crippen molar-refractivity contribution >= 4 is 15.9 Å². The summed E-state index contributed by atoms with van der Waals surface area (Å²) < 4.78 is 14.1. The third-order valence-electron chi connectivity index (χ3n) is 1.92. The average Bonchev–Trinajstić information content (AvgIpc) is 2.02. The van der Waals surface area contributed by atoms with Crippen LogP contribution in [0.25, 0.3) is 0 Å². The van der Waals surface area contributed by atoms with E-state index in [-0.39, 0.29) is 12.4 Å². The first kappa shape index (κ1) is 9.68. The zero-order valence-corrected chi connectivity index (χ0v) is 8.57. The first-order valence-electron chi connectivity index (χ1n) is 3.63. The fraction of sp³-hybridized carbons (Fsp3) is 0.333. The van der Waals surface area contributed by atoms with Crippen molar-refractivity contribution in [1.29, 1.82) is 0 Å². The molecule has 66 valence electrons. The van der Waals surface area contributed by atoms with Gasteiger partial charge in [0.2, 0.25) is 0 Å². The largest absolute Gasteiger partial charge is 0.392 e. The third-order valence-corrected chi connectivity index (χ3v) is 2.75. The second kappa shape index (κ2) is 3.54. The molecule has 12 heavy (non-hydrogen) atoms. The van der Waals surface area contributed by atoms with Gasteiger partial charge in [-0.1, -0.05) is 15.9 Å². The summed E-state index contributed by atoms with van der Waals surface area (Å²) in [5.41, 5.74) is 1.69. The van der Waals surface area contributed by atoms with Gasteiger partial charge in [0, 0.05) is 10.0 Å². The summed E-state index contributed by atoms with van der Waals surface area (Å²) >= 11 is 3.29. The molecule has 0 unspecified atom stereocenters. The van der Waals surface area contributed by atoms with Crippen LogP contribution in [0.4, 0.5) is 4.39 Å². The number of hydrogen-bond acceptors (Lipinski definition) is 1. The molecule has 0 radical (unpaired) electrons. The molecule has 0 saturated carbocycles. The molecule has 0 bridgehead atoms. The third kappa shape index (κ3) is 1.52. The van der Waals surface area contributed by atoms with Gasteiger partial charge in [0.05, 0.1) is 6.61 Å². The lowest BCUT2D eigenvalue weighted by atomic mass is 10.1. The van der Waals surface area contributed by atoms with Gasteiger partial charge in [0.1, 0.15) is 5.82 Å². The number of rotatable bonds is 1. The fourth-order valence-electron chi connectivity index (χ4n) is 1.10. The maximum atomic E-state index is 13.3. The zero-order valence-electron chi connectivity index (χ0n) is 6.99. The molecule has 0 aliphatic carbocycles. The van der Waals surface area contributed by atoms with Gasteiger partial charge >= 0.3 is 0 Å². The van der Waals surface area contributed by atoms with E-state index in [1.165, 1.54) is 0 Å². The van der Waals surface area contributed by atoms with Crippen molar-refractivity contribution < 1.29 is 9.50 Å². The molecule has 0 aliphatic rings. The fourth-order valence-corrected chi connectivity index (χ4v) is 1.68. The normalized spacial score (nSPS) is 10.4. The Morgan fingerprint density at radius 1 is 1.50 bits per heavy atom. The highest BCUT2D eigenvalue weighted by Crippen LogP contribution is 2.25. The van der Waals surface area contributed by atoms with Crippen LogP contribution in [0.3, 0.4) is 0 Å². The zero-order chi connectivity index (χ0) is 9.30. The summed E-state index contributed by atoms with van der Waals surface area (Å²) in [5, 5.41) is 8.89. The summed E-state index contributed by atoms with van der Waals surface area (Å²) in [5.74, 6) is -0.307. The van der Waals surface area contributed by atoms with Crippen LogP contribution in [-0.2, 0) is 6.61 Å². The molecule has 0 atom stereocenters. The maximum Gasteiger partial charge on any atom is 0.131 e. The van der Waals surface area contributed by atoms with Gasteiger partial charge in [-0.15, -0.1) is 0 Å². The van der Waals surface area contributed by atoms with E-state index >= 15 is 0 Å². The van der Waals surface area contributed by atoms with E-state index in [9.17, 15) is 4.39 Å². The van der Waals surface area contributed by atoms with E-state index in [1.54, 1.807) is 19.9 Å². The van der Waals surface area contributed by atoms with Crippen LogP contribution in [0, 0.1) is 19.7 Å². The van der Waals surface area contributed by atoms with Crippen molar-refractivity contribution in [2.24, 2.45) is 0 Å². The molecular weight excluding hydrogens is 223 g/mol. The summed E-state index contributed by atoms with van der Waals surface area (Å²) in [6.07, 6.45) is 0. The van der Waals surface area contributed by atoms with Crippen molar-refractivity contribution in [3.63, 3.8) is 0 Å². The topological polar surface area (TPSA) is 20.2 Å². The molecule has 0 saturated heterocycles. The van der Waals surface area contributed by atoms with Crippen molar-refractivity contribution in [2.45, 2.75) is 20.5 Å². The molecular formula is C9H10BrFO. The number of aryl methyl sites for hydroxylation is 1. The predicted molar refractivity (Wildman–Crippen MR) is 49.5 cm³/mol. The Morgan fingerprint density at radius 2 is 2.08 bits per heavy atom. The van der Waals surface area contributed by atoms with Gasteiger partial charge in [0.25, 0.3) is 0 Å². The minimum Gasteiger partial charge on any atom is -0.392 e. The first-order chi connectivity index (χ1) is 5.57. The van der Waals surface area contributed by atoms with Crippen molar-refractivity contribution in [1.82, 2.24) is 0 Å². The van der Waals surface area contributed by atoms with Crippen LogP contribution in [0.15, 0.2) is 10.5 Å². The van der Waals surface area contributed by atoms with Crippen LogP contribution in [0.1, 0.15) is 16.7 Å². The Labute approximate surface area is 79.4 Å². The molecule has 1 rings (SSSR count). The standard InChI is InChI=1S/C9H10BrFO/c1-5-3-8(10)6(2)7(4-12)9(5)11/h3,12H,4H2,1-2H3. The van der Waals surface area contributed by atoms with Crippen LogP contribution in [0.2, 0.25) is 0 Å². The Morgan fingerprint density at radius 3 is 2.58 bits per heavy atom. The Bertz CT molecular complexity index is 284. The lowest BCUT2D eigenvalue weighted by Crippen LogP contribution is -1.97. The summed E-state index contributed by atoms with van der Waals surface area (Å²) in [4.78, 5) is 0. The Hall–Kier alpha value is -0.410. The van der Waals surface area contributed by atoms with Gasteiger partial charge in [-0.05, 0) is 31.0 Å². The van der Waals surface area contributed by atoms with E-state index in [4.69, 9.17) is 5.11 Å². The summed E-state index contributed by atoms with van der Waals surface area (Å²) in [6.45, 7) is 3.20. The molecule has 1 aromatic rings. The lowest BCUT2D eigenvalue weighted by molar-refractivity contribution is 0.274. The molecule has 0 aromatic heterocycles. The van der Waals surface area contributed by atoms with Gasteiger partial charge in [-0.3, -0.25) is 0 Å². The van der Waals surface area contributed by atoms with Crippen LogP contribution < -0.4 is 0 Å². The molecule has 0 heterocycles. The van der Waals surface area contributed by atoms with E-state index in [0.717, 1.165) is 10.0 Å². The number of halogens is 2. The van der Waals surface area contributed by atoms with Gasteiger partial charge in [0.15, 0.2) is 0 Å². The Balaban J connectivity index is 3.42. The molecule has 0 spiro atoms. The second-order valence-electron chi connectivity index (χ2n) is 2.75. The lowest BCUT2D eigenvalue weighted by Gasteiger charge is -2.08. The van der Waals surface area contributed by atoms with Gasteiger partial charge < -0.3 is 5.11 Å². The van der Waals surface area contributed by atoms with E-state index in [1.807, 2.05) is 0 Å². The number of hydrogen-bond donors (Lipinski definition) is 1. The molecule has 3 heteroatoms.